The highest BCUT2D eigenvalue weighted by Gasteiger charge is 2.22. The molecule has 124 valence electrons. The van der Waals surface area contributed by atoms with E-state index in [1.807, 2.05) is 0 Å². The molecule has 0 aromatic carbocycles. The Labute approximate surface area is 132 Å². The Morgan fingerprint density at radius 2 is 1.95 bits per heavy atom. The van der Waals surface area contributed by atoms with E-state index in [-0.39, 0.29) is 0 Å². The van der Waals surface area contributed by atoms with Gasteiger partial charge in [0.15, 0.2) is 0 Å². The first kappa shape index (κ1) is 17.2. The molecule has 2 atom stereocenters. The van der Waals surface area contributed by atoms with Gasteiger partial charge in [0.2, 0.25) is 0 Å². The number of hydrogen-bond donors (Lipinski definition) is 1. The van der Waals surface area contributed by atoms with Gasteiger partial charge in [-0.2, -0.15) is 0 Å². The molecule has 0 aliphatic carbocycles. The number of nitrogens with zero attached hydrogens (tertiary/aromatic N) is 2. The minimum atomic E-state index is 0.772. The summed E-state index contributed by atoms with van der Waals surface area (Å²) in [7, 11) is 0. The standard InChI is InChI=1S/C18H37N3/c1-16(2)13-19-14-18-8-12-20(15-18)9-6-11-21-10-5-4-7-17(21)3/h16-19H,4-15H2,1-3H3. The van der Waals surface area contributed by atoms with Gasteiger partial charge < -0.3 is 15.1 Å². The quantitative estimate of drug-likeness (QED) is 0.743. The summed E-state index contributed by atoms with van der Waals surface area (Å²) in [5.41, 5.74) is 0. The third kappa shape index (κ3) is 6.25. The highest BCUT2D eigenvalue weighted by molar-refractivity contribution is 4.78. The van der Waals surface area contributed by atoms with Gasteiger partial charge in [0.25, 0.3) is 0 Å². The number of nitrogens with one attached hydrogen (secondary N) is 1. The third-order valence-electron chi connectivity index (χ3n) is 5.22. The van der Waals surface area contributed by atoms with E-state index in [0.717, 1.165) is 17.9 Å². The fourth-order valence-electron chi connectivity index (χ4n) is 3.85. The van der Waals surface area contributed by atoms with Gasteiger partial charge in [0.05, 0.1) is 0 Å². The Bertz CT molecular complexity index is 280. The second-order valence-electron chi connectivity index (χ2n) is 7.74. The first-order chi connectivity index (χ1) is 10.1. The van der Waals surface area contributed by atoms with Crippen molar-refractivity contribution in [3.05, 3.63) is 0 Å². The molecule has 0 aromatic rings. The predicted molar refractivity (Wildman–Crippen MR) is 91.8 cm³/mol. The molecule has 2 heterocycles. The highest BCUT2D eigenvalue weighted by atomic mass is 15.2. The predicted octanol–water partition coefficient (Wildman–Crippen LogP) is 2.82. The lowest BCUT2D eigenvalue weighted by Gasteiger charge is -2.33. The molecular weight excluding hydrogens is 258 g/mol. The van der Waals surface area contributed by atoms with Crippen molar-refractivity contribution in [3.63, 3.8) is 0 Å². The van der Waals surface area contributed by atoms with Crippen LogP contribution in [-0.2, 0) is 0 Å². The number of hydrogen-bond acceptors (Lipinski definition) is 3. The molecular formula is C18H37N3. The van der Waals surface area contributed by atoms with Crippen LogP contribution in [0.2, 0.25) is 0 Å². The Hall–Kier alpha value is -0.120. The summed E-state index contributed by atoms with van der Waals surface area (Å²) in [5.74, 6) is 1.66. The molecule has 2 fully saturated rings. The average molecular weight is 296 g/mol. The van der Waals surface area contributed by atoms with Gasteiger partial charge >= 0.3 is 0 Å². The maximum atomic E-state index is 3.63. The second kappa shape index (κ2) is 9.12. The third-order valence-corrected chi connectivity index (χ3v) is 5.22. The largest absolute Gasteiger partial charge is 0.316 e. The minimum absolute atomic E-state index is 0.772. The van der Waals surface area contributed by atoms with E-state index in [0.29, 0.717) is 0 Å². The molecule has 2 unspecified atom stereocenters. The zero-order valence-electron chi connectivity index (χ0n) is 14.6. The monoisotopic (exact) mass is 295 g/mol. The second-order valence-corrected chi connectivity index (χ2v) is 7.74. The average Bonchev–Trinajstić information content (AvgIpc) is 2.88. The molecule has 2 rings (SSSR count). The summed E-state index contributed by atoms with van der Waals surface area (Å²) in [4.78, 5) is 5.40. The van der Waals surface area contributed by atoms with Crippen LogP contribution < -0.4 is 5.32 Å². The number of rotatable bonds is 8. The van der Waals surface area contributed by atoms with Gasteiger partial charge in [-0.25, -0.2) is 0 Å². The SMILES string of the molecule is CC(C)CNCC1CCN(CCCN2CCCCC2C)C1. The van der Waals surface area contributed by atoms with Crippen molar-refractivity contribution in [2.75, 3.05) is 45.8 Å². The van der Waals surface area contributed by atoms with E-state index in [9.17, 15) is 0 Å². The van der Waals surface area contributed by atoms with Crippen LogP contribution in [0.5, 0.6) is 0 Å². The van der Waals surface area contributed by atoms with Crippen molar-refractivity contribution in [2.24, 2.45) is 11.8 Å². The first-order valence-electron chi connectivity index (χ1n) is 9.32. The van der Waals surface area contributed by atoms with Crippen molar-refractivity contribution in [1.82, 2.24) is 15.1 Å². The van der Waals surface area contributed by atoms with Crippen molar-refractivity contribution in [2.45, 2.75) is 58.9 Å². The van der Waals surface area contributed by atoms with Crippen molar-refractivity contribution >= 4 is 0 Å². The highest BCUT2D eigenvalue weighted by Crippen LogP contribution is 2.18. The maximum Gasteiger partial charge on any atom is 0.00669 e. The van der Waals surface area contributed by atoms with Crippen molar-refractivity contribution < 1.29 is 0 Å². The Morgan fingerprint density at radius 1 is 1.10 bits per heavy atom. The molecule has 1 N–H and O–H groups in total. The smallest absolute Gasteiger partial charge is 0.00669 e. The van der Waals surface area contributed by atoms with Crippen LogP contribution in [0.3, 0.4) is 0 Å². The topological polar surface area (TPSA) is 18.5 Å². The molecule has 0 saturated carbocycles. The fraction of sp³-hybridized carbons (Fsp3) is 1.00. The summed E-state index contributed by atoms with van der Waals surface area (Å²) < 4.78 is 0. The van der Waals surface area contributed by atoms with E-state index >= 15 is 0 Å². The van der Waals surface area contributed by atoms with E-state index in [1.54, 1.807) is 0 Å². The van der Waals surface area contributed by atoms with E-state index < -0.39 is 0 Å². The Kier molecular flexibility index (Phi) is 7.48. The summed E-state index contributed by atoms with van der Waals surface area (Å²) in [5, 5.41) is 3.63. The molecule has 2 aliphatic heterocycles. The van der Waals surface area contributed by atoms with Crippen LogP contribution in [0, 0.1) is 11.8 Å². The molecule has 3 heteroatoms. The zero-order chi connectivity index (χ0) is 15.1. The molecule has 0 bridgehead atoms. The van der Waals surface area contributed by atoms with E-state index in [4.69, 9.17) is 0 Å². The van der Waals surface area contributed by atoms with Crippen LogP contribution in [0.15, 0.2) is 0 Å². The Balaban J connectivity index is 1.53. The maximum absolute atomic E-state index is 3.63. The molecule has 0 amide bonds. The minimum Gasteiger partial charge on any atom is -0.316 e. The van der Waals surface area contributed by atoms with Gasteiger partial charge in [0.1, 0.15) is 0 Å². The number of likely N-dealkylation sites (tertiary alicyclic amines) is 2. The van der Waals surface area contributed by atoms with Crippen LogP contribution in [-0.4, -0.2) is 61.7 Å². The van der Waals surface area contributed by atoms with Gasteiger partial charge in [-0.05, 0) is 83.7 Å². The van der Waals surface area contributed by atoms with Crippen molar-refractivity contribution in [3.8, 4) is 0 Å². The molecule has 3 nitrogen and oxygen atoms in total. The lowest BCUT2D eigenvalue weighted by molar-refractivity contribution is 0.151. The van der Waals surface area contributed by atoms with Crippen LogP contribution in [0.25, 0.3) is 0 Å². The van der Waals surface area contributed by atoms with Gasteiger partial charge in [0, 0.05) is 12.6 Å². The molecule has 0 aromatic heterocycles. The molecule has 0 spiro atoms. The normalized spacial score (nSPS) is 28.6. The molecule has 2 aliphatic rings. The first-order valence-corrected chi connectivity index (χ1v) is 9.32. The zero-order valence-corrected chi connectivity index (χ0v) is 14.6. The van der Waals surface area contributed by atoms with Gasteiger partial charge in [-0.3, -0.25) is 0 Å². The van der Waals surface area contributed by atoms with Gasteiger partial charge in [-0.15, -0.1) is 0 Å². The lowest BCUT2D eigenvalue weighted by atomic mass is 10.0. The fourth-order valence-corrected chi connectivity index (χ4v) is 3.85. The molecule has 21 heavy (non-hydrogen) atoms. The summed E-state index contributed by atoms with van der Waals surface area (Å²) in [6.07, 6.45) is 7.02. The van der Waals surface area contributed by atoms with Crippen LogP contribution in [0.1, 0.15) is 52.9 Å². The van der Waals surface area contributed by atoms with E-state index in [2.05, 4.69) is 35.9 Å². The summed E-state index contributed by atoms with van der Waals surface area (Å²) in [6, 6.07) is 0.824. The lowest BCUT2D eigenvalue weighted by Crippen LogP contribution is -2.39. The number of piperidine rings is 1. The van der Waals surface area contributed by atoms with Gasteiger partial charge in [-0.1, -0.05) is 20.3 Å². The molecule has 2 saturated heterocycles. The van der Waals surface area contributed by atoms with Crippen LogP contribution in [0.4, 0.5) is 0 Å². The van der Waals surface area contributed by atoms with E-state index in [1.165, 1.54) is 77.9 Å². The molecule has 0 radical (unpaired) electrons. The van der Waals surface area contributed by atoms with Crippen LogP contribution >= 0.6 is 0 Å². The summed E-state index contributed by atoms with van der Waals surface area (Å²) >= 11 is 0. The van der Waals surface area contributed by atoms with Crippen molar-refractivity contribution in [1.29, 1.82) is 0 Å². The Morgan fingerprint density at radius 3 is 2.71 bits per heavy atom. The summed E-state index contributed by atoms with van der Waals surface area (Å²) in [6.45, 7) is 16.0.